The number of hydrogen-bond acceptors (Lipinski definition) is 3. The molecule has 0 unspecified atom stereocenters. The number of hydrogen-bond donors (Lipinski definition) is 3. The zero-order valence-corrected chi connectivity index (χ0v) is 11.4. The number of rotatable bonds is 3. The highest BCUT2D eigenvalue weighted by molar-refractivity contribution is 5.86. The van der Waals surface area contributed by atoms with Crippen LogP contribution in [0.2, 0.25) is 0 Å². The molecular formula is C12H24N4O2. The van der Waals surface area contributed by atoms with Crippen LogP contribution in [0, 0.1) is 0 Å². The molecule has 4 N–H and O–H groups in total. The molecule has 0 atom stereocenters. The number of nitrogens with one attached hydrogen (secondary N) is 1. The molecule has 0 aromatic carbocycles. The maximum Gasteiger partial charge on any atom is 0.318 e. The lowest BCUT2D eigenvalue weighted by Gasteiger charge is -2.32. The third kappa shape index (κ3) is 4.43. The zero-order valence-electron chi connectivity index (χ0n) is 11.4. The molecule has 0 spiro atoms. The number of nitrogens with two attached hydrogens (primary N) is 1. The fraction of sp³-hybridized carbons (Fsp3) is 0.833. The van der Waals surface area contributed by atoms with Crippen LogP contribution in [0.15, 0.2) is 5.16 Å². The van der Waals surface area contributed by atoms with Gasteiger partial charge in [-0.15, -0.1) is 0 Å². The molecule has 0 heterocycles. The van der Waals surface area contributed by atoms with Gasteiger partial charge in [-0.1, -0.05) is 18.0 Å². The zero-order chi connectivity index (χ0) is 13.8. The first-order chi connectivity index (χ1) is 8.33. The normalized spacial score (nSPS) is 17.8. The second kappa shape index (κ2) is 5.93. The Morgan fingerprint density at radius 1 is 1.44 bits per heavy atom. The average Bonchev–Trinajstić information content (AvgIpc) is 2.75. The van der Waals surface area contributed by atoms with Gasteiger partial charge in [0.25, 0.3) is 0 Å². The van der Waals surface area contributed by atoms with Gasteiger partial charge >= 0.3 is 6.03 Å². The lowest BCUT2D eigenvalue weighted by atomic mass is 10.1. The lowest BCUT2D eigenvalue weighted by molar-refractivity contribution is 0.175. The van der Waals surface area contributed by atoms with E-state index in [9.17, 15) is 4.79 Å². The molecule has 0 aromatic heterocycles. The van der Waals surface area contributed by atoms with E-state index in [4.69, 9.17) is 10.9 Å². The Hall–Kier alpha value is -1.46. The van der Waals surface area contributed by atoms with Crippen LogP contribution in [0.1, 0.15) is 46.5 Å². The van der Waals surface area contributed by atoms with E-state index in [2.05, 4.69) is 10.5 Å². The van der Waals surface area contributed by atoms with E-state index < -0.39 is 0 Å². The van der Waals surface area contributed by atoms with Gasteiger partial charge in [-0.25, -0.2) is 4.79 Å². The molecule has 1 aliphatic carbocycles. The summed E-state index contributed by atoms with van der Waals surface area (Å²) in [6.45, 7) is 5.97. The first-order valence-electron chi connectivity index (χ1n) is 6.38. The van der Waals surface area contributed by atoms with Gasteiger partial charge in [-0.2, -0.15) is 0 Å². The second-order valence-corrected chi connectivity index (χ2v) is 5.84. The maximum atomic E-state index is 12.2. The molecule has 1 aliphatic rings. The Labute approximate surface area is 108 Å². The SMILES string of the molecule is CC(C)(C)NC(=O)N(CC(N)=NO)C1CCCC1. The smallest absolute Gasteiger partial charge is 0.318 e. The standard InChI is InChI=1S/C12H24N4O2/c1-12(2,3)14-11(17)16(8-10(13)15-18)9-6-4-5-7-9/h9,18H,4-8H2,1-3H3,(H2,13,15)(H,14,17). The van der Waals surface area contributed by atoms with E-state index in [0.29, 0.717) is 0 Å². The fourth-order valence-corrected chi connectivity index (χ4v) is 2.18. The Balaban J connectivity index is 2.72. The topological polar surface area (TPSA) is 91.0 Å². The Morgan fingerprint density at radius 3 is 2.44 bits per heavy atom. The molecule has 0 aromatic rings. The van der Waals surface area contributed by atoms with Crippen LogP contribution in [0.4, 0.5) is 4.79 Å². The first-order valence-corrected chi connectivity index (χ1v) is 6.38. The summed E-state index contributed by atoms with van der Waals surface area (Å²) >= 11 is 0. The van der Waals surface area contributed by atoms with Crippen molar-refractivity contribution in [3.05, 3.63) is 0 Å². The lowest BCUT2D eigenvalue weighted by Crippen LogP contribution is -2.53. The van der Waals surface area contributed by atoms with Gasteiger partial charge in [0, 0.05) is 11.6 Å². The number of amides is 2. The summed E-state index contributed by atoms with van der Waals surface area (Å²) in [7, 11) is 0. The molecule has 0 saturated heterocycles. The number of carbonyl (C=O) groups excluding carboxylic acids is 1. The van der Waals surface area contributed by atoms with Crippen molar-refractivity contribution in [3.8, 4) is 0 Å². The van der Waals surface area contributed by atoms with Gasteiger partial charge in [-0.3, -0.25) is 0 Å². The van der Waals surface area contributed by atoms with Gasteiger partial charge < -0.3 is 21.2 Å². The van der Waals surface area contributed by atoms with Crippen LogP contribution in [0.3, 0.4) is 0 Å². The van der Waals surface area contributed by atoms with Gasteiger partial charge in [0.05, 0.1) is 6.54 Å². The highest BCUT2D eigenvalue weighted by Gasteiger charge is 2.29. The predicted octanol–water partition coefficient (Wildman–Crippen LogP) is 1.49. The summed E-state index contributed by atoms with van der Waals surface area (Å²) in [5.74, 6) is 0.0611. The molecular weight excluding hydrogens is 232 g/mol. The number of amidine groups is 1. The number of urea groups is 1. The van der Waals surface area contributed by atoms with E-state index >= 15 is 0 Å². The summed E-state index contributed by atoms with van der Waals surface area (Å²) in [5.41, 5.74) is 5.23. The molecule has 2 amide bonds. The third-order valence-corrected chi connectivity index (χ3v) is 2.97. The fourth-order valence-electron chi connectivity index (χ4n) is 2.18. The van der Waals surface area contributed by atoms with Crippen LogP contribution >= 0.6 is 0 Å². The summed E-state index contributed by atoms with van der Waals surface area (Å²) in [4.78, 5) is 13.9. The van der Waals surface area contributed by atoms with Crippen LogP contribution < -0.4 is 11.1 Å². The first kappa shape index (κ1) is 14.6. The van der Waals surface area contributed by atoms with Crippen molar-refractivity contribution in [2.24, 2.45) is 10.9 Å². The molecule has 6 heteroatoms. The summed E-state index contributed by atoms with van der Waals surface area (Å²) in [6, 6.07) is 0.0358. The minimum atomic E-state index is -0.293. The van der Waals surface area contributed by atoms with E-state index in [0.717, 1.165) is 25.7 Å². The van der Waals surface area contributed by atoms with E-state index in [1.54, 1.807) is 4.90 Å². The van der Waals surface area contributed by atoms with Gasteiger partial charge in [0.2, 0.25) is 0 Å². The van der Waals surface area contributed by atoms with Crippen LogP contribution in [0.5, 0.6) is 0 Å². The van der Waals surface area contributed by atoms with E-state index in [-0.39, 0.29) is 30.0 Å². The van der Waals surface area contributed by atoms with Crippen LogP contribution in [0.25, 0.3) is 0 Å². The van der Waals surface area contributed by atoms with Crippen molar-refractivity contribution in [2.45, 2.75) is 58.0 Å². The van der Waals surface area contributed by atoms with Crippen molar-refractivity contribution >= 4 is 11.9 Å². The number of nitrogens with zero attached hydrogens (tertiary/aromatic N) is 2. The highest BCUT2D eigenvalue weighted by atomic mass is 16.4. The quantitative estimate of drug-likeness (QED) is 0.309. The van der Waals surface area contributed by atoms with Crippen molar-refractivity contribution in [2.75, 3.05) is 6.54 Å². The van der Waals surface area contributed by atoms with Crippen molar-refractivity contribution in [1.82, 2.24) is 10.2 Å². The Bertz CT molecular complexity index is 317. The summed E-state index contributed by atoms with van der Waals surface area (Å²) in [6.07, 6.45) is 4.22. The summed E-state index contributed by atoms with van der Waals surface area (Å²) < 4.78 is 0. The molecule has 1 fully saturated rings. The third-order valence-electron chi connectivity index (χ3n) is 2.97. The molecule has 104 valence electrons. The Morgan fingerprint density at radius 2 is 2.00 bits per heavy atom. The molecule has 1 saturated carbocycles. The largest absolute Gasteiger partial charge is 0.409 e. The highest BCUT2D eigenvalue weighted by Crippen LogP contribution is 2.23. The molecule has 6 nitrogen and oxygen atoms in total. The van der Waals surface area contributed by atoms with E-state index in [1.807, 2.05) is 20.8 Å². The number of carbonyl (C=O) groups is 1. The maximum absolute atomic E-state index is 12.2. The monoisotopic (exact) mass is 256 g/mol. The Kier molecular flexibility index (Phi) is 4.81. The van der Waals surface area contributed by atoms with Crippen molar-refractivity contribution in [1.29, 1.82) is 0 Å². The summed E-state index contributed by atoms with van der Waals surface area (Å²) in [5, 5.41) is 14.5. The predicted molar refractivity (Wildman–Crippen MR) is 70.7 cm³/mol. The minimum absolute atomic E-state index is 0.0611. The molecule has 0 aliphatic heterocycles. The molecule has 18 heavy (non-hydrogen) atoms. The molecule has 1 rings (SSSR count). The van der Waals surface area contributed by atoms with Crippen LogP contribution in [-0.4, -0.2) is 40.1 Å². The minimum Gasteiger partial charge on any atom is -0.409 e. The van der Waals surface area contributed by atoms with Crippen molar-refractivity contribution < 1.29 is 10.0 Å². The van der Waals surface area contributed by atoms with Crippen molar-refractivity contribution in [3.63, 3.8) is 0 Å². The van der Waals surface area contributed by atoms with Gasteiger partial charge in [-0.05, 0) is 33.6 Å². The van der Waals surface area contributed by atoms with E-state index in [1.165, 1.54) is 0 Å². The number of oxime groups is 1. The van der Waals surface area contributed by atoms with Gasteiger partial charge in [0.15, 0.2) is 5.84 Å². The van der Waals surface area contributed by atoms with Crippen LogP contribution in [-0.2, 0) is 0 Å². The molecule has 0 bridgehead atoms. The second-order valence-electron chi connectivity index (χ2n) is 5.84. The average molecular weight is 256 g/mol. The molecule has 0 radical (unpaired) electrons. The van der Waals surface area contributed by atoms with Gasteiger partial charge in [0.1, 0.15) is 0 Å².